The van der Waals surface area contributed by atoms with Crippen LogP contribution in [0.25, 0.3) is 11.0 Å². The molecule has 4 N–H and O–H groups in total. The maximum absolute atomic E-state index is 12.0. The van der Waals surface area contributed by atoms with Gasteiger partial charge in [-0.1, -0.05) is 6.92 Å². The third-order valence-corrected chi connectivity index (χ3v) is 4.84. The number of nitrogens with two attached hydrogens (primary N) is 1. The number of aryl methyl sites for hydroxylation is 2. The molecule has 144 valence electrons. The number of hydrogen-bond acceptors (Lipinski definition) is 6. The number of amides is 1. The molecular formula is C19H23N3O5. The highest BCUT2D eigenvalue weighted by Gasteiger charge is 2.34. The average Bonchev–Trinajstić information content (AvgIpc) is 3.20. The van der Waals surface area contributed by atoms with Gasteiger partial charge < -0.3 is 25.1 Å². The van der Waals surface area contributed by atoms with E-state index >= 15 is 0 Å². The molecule has 27 heavy (non-hydrogen) atoms. The number of ether oxygens (including phenoxy) is 1. The summed E-state index contributed by atoms with van der Waals surface area (Å²) in [6.07, 6.45) is 1.67. The summed E-state index contributed by atoms with van der Waals surface area (Å²) < 4.78 is 13.4. The largest absolute Gasteiger partial charge is 0.487 e. The van der Waals surface area contributed by atoms with E-state index in [4.69, 9.17) is 14.9 Å². The number of nitrogens with zero attached hydrogens (tertiary/aromatic N) is 2. The van der Waals surface area contributed by atoms with Crippen molar-refractivity contribution in [2.45, 2.75) is 25.9 Å². The van der Waals surface area contributed by atoms with Gasteiger partial charge in [-0.3, -0.25) is 9.48 Å². The first-order valence-electron chi connectivity index (χ1n) is 8.50. The number of benzene rings is 1. The van der Waals surface area contributed by atoms with Crippen LogP contribution in [0.3, 0.4) is 0 Å². The summed E-state index contributed by atoms with van der Waals surface area (Å²) in [5.74, 6) is 0.160. The lowest BCUT2D eigenvalue weighted by Gasteiger charge is -2.28. The lowest BCUT2D eigenvalue weighted by atomic mass is 9.80. The number of aliphatic hydroxyl groups is 2. The third kappa shape index (κ3) is 3.17. The summed E-state index contributed by atoms with van der Waals surface area (Å²) in [6, 6.07) is 5.21. The lowest BCUT2D eigenvalue weighted by Crippen LogP contribution is -2.32. The molecule has 3 rings (SSSR count). The Labute approximate surface area is 156 Å². The third-order valence-electron chi connectivity index (χ3n) is 4.84. The SMILES string of the molecule is Cc1oc2ccc(OCc3ccnn3C)c(C(C)(CO)CO)c2c1C(N)=O. The molecule has 8 heteroatoms. The molecule has 0 spiro atoms. The highest BCUT2D eigenvalue weighted by atomic mass is 16.5. The highest BCUT2D eigenvalue weighted by Crippen LogP contribution is 2.41. The second kappa shape index (κ2) is 7.05. The molecule has 2 heterocycles. The number of furan rings is 1. The van der Waals surface area contributed by atoms with Gasteiger partial charge in [0.15, 0.2) is 0 Å². The van der Waals surface area contributed by atoms with Gasteiger partial charge in [0.1, 0.15) is 23.7 Å². The van der Waals surface area contributed by atoms with Gasteiger partial charge in [-0.25, -0.2) is 0 Å². The van der Waals surface area contributed by atoms with Gasteiger partial charge in [0.05, 0.1) is 24.5 Å². The van der Waals surface area contributed by atoms with Crippen LogP contribution in [0, 0.1) is 6.92 Å². The van der Waals surface area contributed by atoms with Crippen molar-refractivity contribution in [3.05, 3.63) is 47.0 Å². The van der Waals surface area contributed by atoms with E-state index in [2.05, 4.69) is 5.10 Å². The summed E-state index contributed by atoms with van der Waals surface area (Å²) >= 11 is 0. The molecule has 1 amide bonds. The summed E-state index contributed by atoms with van der Waals surface area (Å²) in [6.45, 7) is 2.85. The Morgan fingerprint density at radius 2 is 2.04 bits per heavy atom. The fourth-order valence-corrected chi connectivity index (χ4v) is 3.21. The van der Waals surface area contributed by atoms with Crippen LogP contribution < -0.4 is 10.5 Å². The topological polar surface area (TPSA) is 124 Å². The maximum atomic E-state index is 12.0. The Bertz CT molecular complexity index is 985. The molecule has 0 unspecified atom stereocenters. The second-order valence-electron chi connectivity index (χ2n) is 6.82. The van der Waals surface area contributed by atoms with E-state index < -0.39 is 11.3 Å². The van der Waals surface area contributed by atoms with Crippen LogP contribution in [0.15, 0.2) is 28.8 Å². The minimum absolute atomic E-state index is 0.221. The van der Waals surface area contributed by atoms with Crippen molar-refractivity contribution in [2.75, 3.05) is 13.2 Å². The van der Waals surface area contributed by atoms with Gasteiger partial charge in [0, 0.05) is 29.6 Å². The first kappa shape index (κ1) is 18.9. The summed E-state index contributed by atoms with van der Waals surface area (Å²) in [7, 11) is 1.80. The number of aromatic nitrogens is 2. The van der Waals surface area contributed by atoms with Crippen molar-refractivity contribution in [2.24, 2.45) is 12.8 Å². The van der Waals surface area contributed by atoms with E-state index in [-0.39, 0.29) is 25.4 Å². The van der Waals surface area contributed by atoms with Crippen molar-refractivity contribution in [3.63, 3.8) is 0 Å². The predicted octanol–water partition coefficient (Wildman–Crippen LogP) is 1.39. The monoisotopic (exact) mass is 373 g/mol. The first-order valence-corrected chi connectivity index (χ1v) is 8.50. The van der Waals surface area contributed by atoms with Crippen molar-refractivity contribution in [3.8, 4) is 5.75 Å². The maximum Gasteiger partial charge on any atom is 0.252 e. The van der Waals surface area contributed by atoms with Crippen LogP contribution in [-0.2, 0) is 19.1 Å². The zero-order valence-corrected chi connectivity index (χ0v) is 15.5. The molecule has 0 bridgehead atoms. The Morgan fingerprint density at radius 3 is 2.59 bits per heavy atom. The second-order valence-corrected chi connectivity index (χ2v) is 6.82. The number of carbonyl (C=O) groups excluding carboxylic acids is 1. The number of aliphatic hydroxyl groups excluding tert-OH is 2. The van der Waals surface area contributed by atoms with Gasteiger partial charge in [-0.2, -0.15) is 5.10 Å². The zero-order chi connectivity index (χ0) is 19.8. The Balaban J connectivity index is 2.22. The zero-order valence-electron chi connectivity index (χ0n) is 15.5. The standard InChI is InChI=1S/C19H23N3O5/c1-11-15(18(20)25)16-13(27-11)4-5-14(17(16)19(2,9-23)10-24)26-8-12-6-7-21-22(12)3/h4-7,23-24H,8-10H2,1-3H3,(H2,20,25). The van der Waals surface area contributed by atoms with Gasteiger partial charge in [-0.05, 0) is 25.1 Å². The lowest BCUT2D eigenvalue weighted by molar-refractivity contribution is 0.0999. The normalized spacial score (nSPS) is 11.9. The summed E-state index contributed by atoms with van der Waals surface area (Å²) in [4.78, 5) is 12.0. The van der Waals surface area contributed by atoms with Crippen LogP contribution >= 0.6 is 0 Å². The minimum atomic E-state index is -1.07. The van der Waals surface area contributed by atoms with Gasteiger partial charge in [-0.15, -0.1) is 0 Å². The fourth-order valence-electron chi connectivity index (χ4n) is 3.21. The molecule has 8 nitrogen and oxygen atoms in total. The number of primary amides is 1. The average molecular weight is 373 g/mol. The van der Waals surface area contributed by atoms with Gasteiger partial charge >= 0.3 is 0 Å². The van der Waals surface area contributed by atoms with E-state index in [1.165, 1.54) is 0 Å². The summed E-state index contributed by atoms with van der Waals surface area (Å²) in [5.41, 5.74) is 6.49. The number of rotatable bonds is 7. The minimum Gasteiger partial charge on any atom is -0.487 e. The molecular weight excluding hydrogens is 350 g/mol. The number of carbonyl (C=O) groups is 1. The van der Waals surface area contributed by atoms with E-state index in [9.17, 15) is 15.0 Å². The van der Waals surface area contributed by atoms with Crippen molar-refractivity contribution in [1.29, 1.82) is 0 Å². The molecule has 2 aromatic heterocycles. The highest BCUT2D eigenvalue weighted by molar-refractivity contribution is 6.08. The van der Waals surface area contributed by atoms with Crippen LogP contribution in [0.4, 0.5) is 0 Å². The molecule has 0 aliphatic rings. The smallest absolute Gasteiger partial charge is 0.252 e. The van der Waals surface area contributed by atoms with Crippen LogP contribution in [0.2, 0.25) is 0 Å². The number of hydrogen-bond donors (Lipinski definition) is 3. The Hall–Kier alpha value is -2.84. The predicted molar refractivity (Wildman–Crippen MR) is 98.5 cm³/mol. The molecule has 0 aliphatic heterocycles. The van der Waals surface area contributed by atoms with Gasteiger partial charge in [0.25, 0.3) is 5.91 Å². The van der Waals surface area contributed by atoms with Crippen LogP contribution in [0.1, 0.15) is 34.3 Å². The van der Waals surface area contributed by atoms with Crippen molar-refractivity contribution in [1.82, 2.24) is 9.78 Å². The van der Waals surface area contributed by atoms with E-state index in [1.807, 2.05) is 6.07 Å². The molecule has 0 atom stereocenters. The summed E-state index contributed by atoms with van der Waals surface area (Å²) in [5, 5.41) is 24.5. The quantitative estimate of drug-likeness (QED) is 0.575. The van der Waals surface area contributed by atoms with E-state index in [1.54, 1.807) is 43.9 Å². The number of fused-ring (bicyclic) bond motifs is 1. The Morgan fingerprint density at radius 1 is 1.33 bits per heavy atom. The molecule has 0 saturated carbocycles. The van der Waals surface area contributed by atoms with Gasteiger partial charge in [0.2, 0.25) is 0 Å². The van der Waals surface area contributed by atoms with Crippen LogP contribution in [0.5, 0.6) is 5.75 Å². The molecule has 0 radical (unpaired) electrons. The van der Waals surface area contributed by atoms with E-state index in [0.717, 1.165) is 5.69 Å². The molecule has 1 aromatic carbocycles. The fraction of sp³-hybridized carbons (Fsp3) is 0.368. The molecule has 3 aromatic rings. The molecule has 0 saturated heterocycles. The Kier molecular flexibility index (Phi) is 4.95. The van der Waals surface area contributed by atoms with E-state index in [0.29, 0.717) is 28.0 Å². The van der Waals surface area contributed by atoms with Crippen molar-refractivity contribution < 1.29 is 24.2 Å². The molecule has 0 fully saturated rings. The van der Waals surface area contributed by atoms with Crippen LogP contribution in [-0.4, -0.2) is 39.1 Å². The first-order chi connectivity index (χ1) is 12.8. The van der Waals surface area contributed by atoms with Crippen molar-refractivity contribution >= 4 is 16.9 Å². The molecule has 0 aliphatic carbocycles.